The lowest BCUT2D eigenvalue weighted by Gasteiger charge is -2.39. The molecule has 1 atom stereocenters. The molecule has 0 heterocycles. The molecule has 1 N–H and O–H groups in total. The van der Waals surface area contributed by atoms with Crippen molar-refractivity contribution >= 4 is 10.1 Å². The van der Waals surface area contributed by atoms with Crippen LogP contribution in [0.1, 0.15) is 49.1 Å². The molecule has 1 saturated carbocycles. The molecule has 0 amide bonds. The van der Waals surface area contributed by atoms with Crippen molar-refractivity contribution in [3.8, 4) is 5.75 Å². The van der Waals surface area contributed by atoms with Gasteiger partial charge in [-0.1, -0.05) is 49.1 Å². The van der Waals surface area contributed by atoms with E-state index in [1.54, 1.807) is 31.4 Å². The van der Waals surface area contributed by atoms with E-state index in [2.05, 4.69) is 0 Å². The van der Waals surface area contributed by atoms with Crippen molar-refractivity contribution in [1.82, 2.24) is 0 Å². The van der Waals surface area contributed by atoms with Gasteiger partial charge in [0, 0.05) is 5.92 Å². The molecule has 1 unspecified atom stereocenters. The quantitative estimate of drug-likeness (QED) is 0.701. The lowest BCUT2D eigenvalue weighted by Crippen LogP contribution is -2.41. The van der Waals surface area contributed by atoms with E-state index in [0.29, 0.717) is 18.6 Å². The molecule has 0 aromatic heterocycles. The molecule has 2 aromatic rings. The van der Waals surface area contributed by atoms with Crippen LogP contribution in [0.2, 0.25) is 0 Å². The van der Waals surface area contributed by atoms with Gasteiger partial charge in [-0.25, -0.2) is 0 Å². The molecule has 1 fully saturated rings. The van der Waals surface area contributed by atoms with Crippen LogP contribution in [0.3, 0.4) is 0 Å². The van der Waals surface area contributed by atoms with Crippen LogP contribution in [-0.4, -0.2) is 32.8 Å². The molecule has 0 saturated heterocycles. The molecule has 1 aliphatic carbocycles. The van der Waals surface area contributed by atoms with Crippen LogP contribution in [0.5, 0.6) is 5.75 Å². The van der Waals surface area contributed by atoms with Crippen molar-refractivity contribution in [2.24, 2.45) is 0 Å². The van der Waals surface area contributed by atoms with E-state index in [1.165, 1.54) is 0 Å². The number of methoxy groups -OCH3 is 1. The minimum Gasteiger partial charge on any atom is -0.497 e. The molecule has 0 aliphatic heterocycles. The first-order valence-corrected chi connectivity index (χ1v) is 11.1. The number of ether oxygens (including phenoxy) is 1. The van der Waals surface area contributed by atoms with Crippen molar-refractivity contribution in [3.05, 3.63) is 59.7 Å². The van der Waals surface area contributed by atoms with Gasteiger partial charge < -0.3 is 9.84 Å². The fourth-order valence-corrected chi connectivity index (χ4v) is 4.76. The molecule has 6 heteroatoms. The highest BCUT2D eigenvalue weighted by Crippen LogP contribution is 2.41. The smallest absolute Gasteiger partial charge is 0.296 e. The third-order valence-electron chi connectivity index (χ3n) is 5.59. The van der Waals surface area contributed by atoms with Gasteiger partial charge in [-0.2, -0.15) is 8.42 Å². The van der Waals surface area contributed by atoms with Crippen LogP contribution < -0.4 is 4.74 Å². The van der Waals surface area contributed by atoms with Crippen molar-refractivity contribution in [2.75, 3.05) is 13.7 Å². The molecule has 28 heavy (non-hydrogen) atoms. The summed E-state index contributed by atoms with van der Waals surface area (Å²) >= 11 is 0. The summed E-state index contributed by atoms with van der Waals surface area (Å²) in [5.41, 5.74) is 0.853. The summed E-state index contributed by atoms with van der Waals surface area (Å²) in [6.45, 7) is 1.80. The first-order valence-electron chi connectivity index (χ1n) is 9.66. The third kappa shape index (κ3) is 4.74. The maximum atomic E-state index is 12.6. The molecule has 0 spiro atoms. The lowest BCUT2D eigenvalue weighted by molar-refractivity contribution is -0.0328. The molecule has 152 valence electrons. The lowest BCUT2D eigenvalue weighted by atomic mass is 9.73. The predicted molar refractivity (Wildman–Crippen MR) is 108 cm³/mol. The Kier molecular flexibility index (Phi) is 6.43. The zero-order valence-electron chi connectivity index (χ0n) is 16.4. The summed E-state index contributed by atoms with van der Waals surface area (Å²) in [5, 5.41) is 11.3. The van der Waals surface area contributed by atoms with E-state index in [9.17, 15) is 13.5 Å². The van der Waals surface area contributed by atoms with E-state index < -0.39 is 21.6 Å². The molecule has 0 radical (unpaired) electrons. The molecule has 0 bridgehead atoms. The summed E-state index contributed by atoms with van der Waals surface area (Å²) in [6, 6.07) is 14.0. The molecule has 1 aliphatic rings. The third-order valence-corrected chi connectivity index (χ3v) is 6.88. The molecule has 3 rings (SSSR count). The number of rotatable bonds is 7. The maximum Gasteiger partial charge on any atom is 0.296 e. The molecular weight excluding hydrogens is 376 g/mol. The van der Waals surface area contributed by atoms with Gasteiger partial charge in [-0.3, -0.25) is 4.18 Å². The Balaban J connectivity index is 1.85. The Hall–Kier alpha value is -1.89. The van der Waals surface area contributed by atoms with E-state index in [1.807, 2.05) is 31.2 Å². The summed E-state index contributed by atoms with van der Waals surface area (Å²) in [5.74, 6) is 0.283. The normalized spacial score (nSPS) is 17.8. The van der Waals surface area contributed by atoms with E-state index >= 15 is 0 Å². The number of hydrogen-bond donors (Lipinski definition) is 1. The van der Waals surface area contributed by atoms with Gasteiger partial charge in [0.25, 0.3) is 10.1 Å². The second kappa shape index (κ2) is 8.64. The monoisotopic (exact) mass is 404 g/mol. The Labute approximate surface area is 167 Å². The van der Waals surface area contributed by atoms with Crippen LogP contribution >= 0.6 is 0 Å². The average Bonchev–Trinajstić information content (AvgIpc) is 2.69. The SMILES string of the molecule is COc1ccc(C(COS(=O)(=O)c2ccc(C)cc2)C2(O)CCCCC2)cc1. The highest BCUT2D eigenvalue weighted by molar-refractivity contribution is 7.86. The Bertz CT molecular complexity index is 866. The summed E-state index contributed by atoms with van der Waals surface area (Å²) in [6.07, 6.45) is 4.21. The fourth-order valence-electron chi connectivity index (χ4n) is 3.84. The van der Waals surface area contributed by atoms with Gasteiger partial charge >= 0.3 is 0 Å². The number of aliphatic hydroxyl groups is 1. The summed E-state index contributed by atoms with van der Waals surface area (Å²) < 4.78 is 35.9. The van der Waals surface area contributed by atoms with Crippen molar-refractivity contribution in [2.45, 2.75) is 55.4 Å². The number of aryl methyl sites for hydroxylation is 1. The van der Waals surface area contributed by atoms with Crippen LogP contribution in [-0.2, 0) is 14.3 Å². The topological polar surface area (TPSA) is 72.8 Å². The number of hydrogen-bond acceptors (Lipinski definition) is 5. The molecule has 5 nitrogen and oxygen atoms in total. The van der Waals surface area contributed by atoms with Gasteiger partial charge in [0.1, 0.15) is 5.75 Å². The fraction of sp³-hybridized carbons (Fsp3) is 0.455. The number of benzene rings is 2. The van der Waals surface area contributed by atoms with Crippen molar-refractivity contribution in [1.29, 1.82) is 0 Å². The maximum absolute atomic E-state index is 12.6. The van der Waals surface area contributed by atoms with Gasteiger partial charge in [0.2, 0.25) is 0 Å². The van der Waals surface area contributed by atoms with Crippen LogP contribution in [0.15, 0.2) is 53.4 Å². The summed E-state index contributed by atoms with van der Waals surface area (Å²) in [7, 11) is -2.30. The van der Waals surface area contributed by atoms with Crippen LogP contribution in [0.4, 0.5) is 0 Å². The average molecular weight is 405 g/mol. The first-order chi connectivity index (χ1) is 13.3. The zero-order chi connectivity index (χ0) is 20.2. The van der Waals surface area contributed by atoms with E-state index in [0.717, 1.165) is 30.4 Å². The van der Waals surface area contributed by atoms with Gasteiger partial charge in [-0.05, 0) is 49.6 Å². The van der Waals surface area contributed by atoms with Gasteiger partial charge in [-0.15, -0.1) is 0 Å². The largest absolute Gasteiger partial charge is 0.497 e. The van der Waals surface area contributed by atoms with Crippen molar-refractivity contribution < 1.29 is 22.4 Å². The summed E-state index contributed by atoms with van der Waals surface area (Å²) in [4.78, 5) is 0.127. The second-order valence-corrected chi connectivity index (χ2v) is 9.16. The van der Waals surface area contributed by atoms with Crippen LogP contribution in [0.25, 0.3) is 0 Å². The van der Waals surface area contributed by atoms with E-state index in [-0.39, 0.29) is 11.5 Å². The van der Waals surface area contributed by atoms with Gasteiger partial charge in [0.05, 0.1) is 24.2 Å². The second-order valence-electron chi connectivity index (χ2n) is 7.54. The molecular formula is C22H28O5S. The van der Waals surface area contributed by atoms with Crippen molar-refractivity contribution in [3.63, 3.8) is 0 Å². The molecule has 2 aromatic carbocycles. The van der Waals surface area contributed by atoms with E-state index in [4.69, 9.17) is 8.92 Å². The Morgan fingerprint density at radius 2 is 1.61 bits per heavy atom. The predicted octanol–water partition coefficient (Wildman–Crippen LogP) is 4.19. The Morgan fingerprint density at radius 1 is 1.00 bits per heavy atom. The minimum absolute atomic E-state index is 0.0982. The first kappa shape index (κ1) is 20.8. The Morgan fingerprint density at radius 3 is 2.18 bits per heavy atom. The minimum atomic E-state index is -3.89. The van der Waals surface area contributed by atoms with Gasteiger partial charge in [0.15, 0.2) is 0 Å². The highest BCUT2D eigenvalue weighted by Gasteiger charge is 2.39. The zero-order valence-corrected chi connectivity index (χ0v) is 17.2. The standard InChI is InChI=1S/C22H28O5S/c1-17-6-12-20(13-7-17)28(24,25)27-16-21(22(23)14-4-3-5-15-22)18-8-10-19(26-2)11-9-18/h6-13,21,23H,3-5,14-16H2,1-2H3. The highest BCUT2D eigenvalue weighted by atomic mass is 32.2. The van der Waals surface area contributed by atoms with Crippen LogP contribution in [0, 0.1) is 6.92 Å².